The van der Waals surface area contributed by atoms with Gasteiger partial charge in [-0.25, -0.2) is 14.8 Å². The summed E-state index contributed by atoms with van der Waals surface area (Å²) in [5.74, 6) is 1.13. The van der Waals surface area contributed by atoms with Crippen LogP contribution in [-0.2, 0) is 11.2 Å². The van der Waals surface area contributed by atoms with Gasteiger partial charge in [-0.1, -0.05) is 6.07 Å². The number of hydrogen-bond acceptors (Lipinski definition) is 7. The summed E-state index contributed by atoms with van der Waals surface area (Å²) in [6.07, 6.45) is 5.99. The van der Waals surface area contributed by atoms with E-state index in [2.05, 4.69) is 51.8 Å². The van der Waals surface area contributed by atoms with Gasteiger partial charge < -0.3 is 30.6 Å². The maximum Gasteiger partial charge on any atom is 0.322 e. The van der Waals surface area contributed by atoms with E-state index in [0.29, 0.717) is 50.3 Å². The highest BCUT2D eigenvalue weighted by molar-refractivity contribution is 9.10. The topological polar surface area (TPSA) is 120 Å². The van der Waals surface area contributed by atoms with Gasteiger partial charge in [-0.3, -0.25) is 0 Å². The number of ether oxygens (including phenoxy) is 1. The smallest absolute Gasteiger partial charge is 0.322 e. The lowest BCUT2D eigenvalue weighted by Gasteiger charge is -2.27. The maximum atomic E-state index is 12.4. The lowest BCUT2D eigenvalue weighted by Crippen LogP contribution is -2.43. The molecule has 162 valence electrons. The summed E-state index contributed by atoms with van der Waals surface area (Å²) in [4.78, 5) is 30.1. The summed E-state index contributed by atoms with van der Waals surface area (Å²) in [6.45, 7) is 2.99. The Kier molecular flexibility index (Phi) is 6.95. The van der Waals surface area contributed by atoms with Crippen LogP contribution in [0.2, 0.25) is 0 Å². The number of morpholine rings is 1. The number of anilines is 4. The largest absolute Gasteiger partial charge is 0.378 e. The average molecular weight is 487 g/mol. The van der Waals surface area contributed by atoms with Crippen LogP contribution in [0.1, 0.15) is 5.69 Å². The van der Waals surface area contributed by atoms with Crippen LogP contribution in [0.5, 0.6) is 0 Å². The van der Waals surface area contributed by atoms with Crippen LogP contribution in [0.4, 0.5) is 27.9 Å². The Bertz CT molecular complexity index is 1010. The Labute approximate surface area is 188 Å². The average Bonchev–Trinajstić information content (AvgIpc) is 3.30. The number of amides is 2. The number of nitrogens with one attached hydrogen (secondary N) is 4. The Hall–Kier alpha value is -3.18. The third-order valence-electron chi connectivity index (χ3n) is 4.64. The molecule has 0 unspecified atom stereocenters. The number of imidazole rings is 1. The fourth-order valence-electron chi connectivity index (χ4n) is 3.06. The number of aromatic amines is 1. The molecule has 4 N–H and O–H groups in total. The van der Waals surface area contributed by atoms with E-state index in [-0.39, 0.29) is 6.03 Å². The van der Waals surface area contributed by atoms with E-state index in [9.17, 15) is 4.79 Å². The Morgan fingerprint density at radius 2 is 2.06 bits per heavy atom. The van der Waals surface area contributed by atoms with Gasteiger partial charge in [-0.2, -0.15) is 4.98 Å². The quantitative estimate of drug-likeness (QED) is 0.404. The lowest BCUT2D eigenvalue weighted by atomic mass is 10.3. The summed E-state index contributed by atoms with van der Waals surface area (Å²) < 4.78 is 6.06. The van der Waals surface area contributed by atoms with Crippen LogP contribution >= 0.6 is 15.9 Å². The van der Waals surface area contributed by atoms with Crippen molar-refractivity contribution >= 4 is 45.1 Å². The molecule has 3 aromatic rings. The van der Waals surface area contributed by atoms with Gasteiger partial charge in [0.1, 0.15) is 5.82 Å². The van der Waals surface area contributed by atoms with Crippen molar-refractivity contribution in [2.75, 3.05) is 48.8 Å². The molecule has 2 amide bonds. The third-order valence-corrected chi connectivity index (χ3v) is 5.22. The molecule has 1 aliphatic heterocycles. The Morgan fingerprint density at radius 1 is 1.23 bits per heavy atom. The van der Waals surface area contributed by atoms with Gasteiger partial charge in [0.25, 0.3) is 0 Å². The molecular weight excluding hydrogens is 464 g/mol. The van der Waals surface area contributed by atoms with Gasteiger partial charge in [0.2, 0.25) is 5.95 Å². The molecule has 0 aliphatic carbocycles. The minimum Gasteiger partial charge on any atom is -0.378 e. The van der Waals surface area contributed by atoms with Gasteiger partial charge in [0.05, 0.1) is 29.7 Å². The van der Waals surface area contributed by atoms with Crippen LogP contribution in [0.3, 0.4) is 0 Å². The predicted octanol–water partition coefficient (Wildman–Crippen LogP) is 3.22. The van der Waals surface area contributed by atoms with E-state index >= 15 is 0 Å². The van der Waals surface area contributed by atoms with Gasteiger partial charge in [0.15, 0.2) is 0 Å². The number of rotatable bonds is 7. The van der Waals surface area contributed by atoms with E-state index in [4.69, 9.17) is 4.74 Å². The molecule has 0 atom stereocenters. The third kappa shape index (κ3) is 5.92. The molecule has 1 aromatic carbocycles. The molecule has 0 saturated carbocycles. The Balaban J connectivity index is 1.37. The van der Waals surface area contributed by atoms with Crippen LogP contribution in [0.25, 0.3) is 0 Å². The first kappa shape index (κ1) is 21.1. The van der Waals surface area contributed by atoms with Gasteiger partial charge in [0, 0.05) is 49.8 Å². The van der Waals surface area contributed by atoms with E-state index in [1.54, 1.807) is 17.4 Å². The van der Waals surface area contributed by atoms with Crippen LogP contribution in [0, 0.1) is 0 Å². The molecule has 1 aliphatic rings. The van der Waals surface area contributed by atoms with Crippen molar-refractivity contribution in [2.24, 2.45) is 0 Å². The second kappa shape index (κ2) is 10.2. The van der Waals surface area contributed by atoms with Crippen LogP contribution in [-0.4, -0.2) is 63.7 Å². The summed E-state index contributed by atoms with van der Waals surface area (Å²) in [5.41, 5.74) is 2.44. The lowest BCUT2D eigenvalue weighted by molar-refractivity contribution is 0.0564. The summed E-state index contributed by atoms with van der Waals surface area (Å²) in [7, 11) is 0. The van der Waals surface area contributed by atoms with Crippen molar-refractivity contribution in [3.8, 4) is 0 Å². The number of urea groups is 1. The monoisotopic (exact) mass is 486 g/mol. The Morgan fingerprint density at radius 3 is 2.87 bits per heavy atom. The molecule has 0 radical (unpaired) electrons. The zero-order valence-electron chi connectivity index (χ0n) is 16.8. The fourth-order valence-corrected chi connectivity index (χ4v) is 3.39. The van der Waals surface area contributed by atoms with E-state index in [1.807, 2.05) is 30.5 Å². The molecular formula is C20H23BrN8O2. The fraction of sp³-hybridized carbons (Fsp3) is 0.300. The van der Waals surface area contributed by atoms with Crippen molar-refractivity contribution < 1.29 is 9.53 Å². The summed E-state index contributed by atoms with van der Waals surface area (Å²) in [5, 5.41) is 9.39. The molecule has 1 fully saturated rings. The zero-order chi connectivity index (χ0) is 21.5. The number of H-pyrrole nitrogens is 1. The molecule has 10 nitrogen and oxygen atoms in total. The highest BCUT2D eigenvalue weighted by Gasteiger charge is 2.16. The minimum absolute atomic E-state index is 0.135. The van der Waals surface area contributed by atoms with Gasteiger partial charge in [-0.15, -0.1) is 0 Å². The number of carbonyl (C=O) groups is 1. The number of halogens is 1. The molecule has 2 aromatic heterocycles. The standard InChI is InChI=1S/C20H23BrN8O2/c21-17-12-24-19(28-18(17)23-5-4-16-11-22-13-25-16)26-14-2-1-3-15(10-14)27-20(30)29-6-8-31-9-7-29/h1-3,10-13H,4-9H2,(H,22,25)(H,27,30)(H2,23,24,26,28). The van der Waals surface area contributed by atoms with E-state index < -0.39 is 0 Å². The molecule has 11 heteroatoms. The SMILES string of the molecule is O=C(Nc1cccc(Nc2ncc(Br)c(NCCc3c[nH]cn3)n2)c1)N1CCOCC1. The number of nitrogens with zero attached hydrogens (tertiary/aromatic N) is 4. The van der Waals surface area contributed by atoms with Crippen LogP contribution < -0.4 is 16.0 Å². The van der Waals surface area contributed by atoms with Crippen LogP contribution in [0.15, 0.2) is 47.5 Å². The highest BCUT2D eigenvalue weighted by Crippen LogP contribution is 2.23. The normalized spacial score (nSPS) is 13.6. The first-order chi connectivity index (χ1) is 15.2. The van der Waals surface area contributed by atoms with Crippen molar-refractivity contribution in [2.45, 2.75) is 6.42 Å². The zero-order valence-corrected chi connectivity index (χ0v) is 18.4. The summed E-state index contributed by atoms with van der Waals surface area (Å²) in [6, 6.07) is 7.30. The summed E-state index contributed by atoms with van der Waals surface area (Å²) >= 11 is 3.47. The van der Waals surface area contributed by atoms with Crippen molar-refractivity contribution in [1.29, 1.82) is 0 Å². The molecule has 3 heterocycles. The second-order valence-electron chi connectivity index (χ2n) is 6.86. The number of carbonyl (C=O) groups excluding carboxylic acids is 1. The molecule has 31 heavy (non-hydrogen) atoms. The maximum absolute atomic E-state index is 12.4. The molecule has 1 saturated heterocycles. The first-order valence-corrected chi connectivity index (χ1v) is 10.7. The van der Waals surface area contributed by atoms with Crippen molar-refractivity contribution in [1.82, 2.24) is 24.8 Å². The first-order valence-electron chi connectivity index (χ1n) is 9.92. The molecule has 4 rings (SSSR count). The van der Waals surface area contributed by atoms with Crippen molar-refractivity contribution in [3.05, 3.63) is 53.2 Å². The van der Waals surface area contributed by atoms with E-state index in [1.165, 1.54) is 0 Å². The van der Waals surface area contributed by atoms with E-state index in [0.717, 1.165) is 22.3 Å². The number of benzene rings is 1. The molecule has 0 spiro atoms. The van der Waals surface area contributed by atoms with Gasteiger partial charge >= 0.3 is 6.03 Å². The second-order valence-corrected chi connectivity index (χ2v) is 7.72. The van der Waals surface area contributed by atoms with Gasteiger partial charge in [-0.05, 0) is 34.1 Å². The highest BCUT2D eigenvalue weighted by atomic mass is 79.9. The molecule has 0 bridgehead atoms. The minimum atomic E-state index is -0.135. The number of aromatic nitrogens is 4. The van der Waals surface area contributed by atoms with Crippen molar-refractivity contribution in [3.63, 3.8) is 0 Å². The predicted molar refractivity (Wildman–Crippen MR) is 122 cm³/mol. The number of hydrogen-bond donors (Lipinski definition) is 4.